The van der Waals surface area contributed by atoms with Crippen molar-refractivity contribution >= 4 is 44.4 Å². The highest BCUT2D eigenvalue weighted by molar-refractivity contribution is 7.92. The summed E-state index contributed by atoms with van der Waals surface area (Å²) in [6.45, 7) is 9.14. The number of nitrogens with zero attached hydrogens (tertiary/aromatic N) is 1. The lowest BCUT2D eigenvalue weighted by Crippen LogP contribution is -2.34. The zero-order valence-corrected chi connectivity index (χ0v) is 20.3. The van der Waals surface area contributed by atoms with Gasteiger partial charge in [0.2, 0.25) is 0 Å². The lowest BCUT2D eigenvalue weighted by Gasteiger charge is -2.26. The number of furan rings is 1. The first-order valence-electron chi connectivity index (χ1n) is 10.2. The fourth-order valence-electron chi connectivity index (χ4n) is 3.31. The number of carbonyl (C=O) groups excluding carboxylic acids is 1. The van der Waals surface area contributed by atoms with E-state index >= 15 is 0 Å². The molecule has 0 atom stereocenters. The maximum Gasteiger partial charge on any atom is 0.407 e. The molecule has 0 aliphatic rings. The van der Waals surface area contributed by atoms with E-state index in [-0.39, 0.29) is 18.0 Å². The molecular formula is C23H27ClN2O5S. The number of sulfonamides is 1. The minimum Gasteiger partial charge on any atom is -0.464 e. The van der Waals surface area contributed by atoms with Crippen molar-refractivity contribution < 1.29 is 22.4 Å². The van der Waals surface area contributed by atoms with E-state index in [1.165, 1.54) is 10.4 Å². The van der Waals surface area contributed by atoms with Crippen LogP contribution < -0.4 is 9.62 Å². The summed E-state index contributed by atoms with van der Waals surface area (Å²) in [5, 5.41) is 3.84. The van der Waals surface area contributed by atoms with E-state index in [0.29, 0.717) is 21.9 Å². The second-order valence-corrected chi connectivity index (χ2v) is 10.7. The lowest BCUT2D eigenvalue weighted by molar-refractivity contribution is 0.0523. The Morgan fingerprint density at radius 2 is 1.91 bits per heavy atom. The molecule has 172 valence electrons. The smallest absolute Gasteiger partial charge is 0.407 e. The van der Waals surface area contributed by atoms with Crippen molar-refractivity contribution in [2.45, 2.75) is 51.7 Å². The lowest BCUT2D eigenvalue weighted by atomic mass is 10.1. The number of anilines is 1. The first-order chi connectivity index (χ1) is 14.9. The zero-order valence-electron chi connectivity index (χ0n) is 18.7. The molecule has 2 aromatic carbocycles. The van der Waals surface area contributed by atoms with Crippen molar-refractivity contribution in [2.75, 3.05) is 10.8 Å². The van der Waals surface area contributed by atoms with Crippen LogP contribution in [0.25, 0.3) is 11.0 Å². The molecule has 0 radical (unpaired) electrons. The van der Waals surface area contributed by atoms with Crippen LogP contribution in [0, 0.1) is 6.92 Å². The molecular weight excluding hydrogens is 452 g/mol. The molecule has 0 saturated carbocycles. The summed E-state index contributed by atoms with van der Waals surface area (Å²) in [7, 11) is -3.89. The van der Waals surface area contributed by atoms with Crippen molar-refractivity contribution in [2.24, 2.45) is 0 Å². The van der Waals surface area contributed by atoms with Crippen molar-refractivity contribution in [1.29, 1.82) is 0 Å². The van der Waals surface area contributed by atoms with E-state index in [9.17, 15) is 13.2 Å². The molecule has 1 aromatic heterocycles. The maximum atomic E-state index is 13.6. The van der Waals surface area contributed by atoms with Crippen LogP contribution in [0.5, 0.6) is 0 Å². The molecule has 0 spiro atoms. The topological polar surface area (TPSA) is 88.9 Å². The molecule has 0 aliphatic heterocycles. The van der Waals surface area contributed by atoms with Crippen LogP contribution in [0.15, 0.2) is 52.0 Å². The summed E-state index contributed by atoms with van der Waals surface area (Å²) < 4.78 is 39.1. The van der Waals surface area contributed by atoms with E-state index in [2.05, 4.69) is 5.32 Å². The van der Waals surface area contributed by atoms with Gasteiger partial charge in [-0.15, -0.1) is 0 Å². The molecule has 3 aromatic rings. The number of aryl methyl sites for hydroxylation is 1. The monoisotopic (exact) mass is 478 g/mol. The van der Waals surface area contributed by atoms with Crippen LogP contribution in [-0.2, 0) is 21.3 Å². The van der Waals surface area contributed by atoms with Gasteiger partial charge in [-0.3, -0.25) is 4.31 Å². The average Bonchev–Trinajstić information content (AvgIpc) is 3.07. The van der Waals surface area contributed by atoms with Crippen LogP contribution >= 0.6 is 11.6 Å². The van der Waals surface area contributed by atoms with Gasteiger partial charge in [0.1, 0.15) is 11.2 Å². The Kier molecular flexibility index (Phi) is 6.76. The fraction of sp³-hybridized carbons (Fsp3) is 0.348. The number of fused-ring (bicyclic) bond motifs is 1. The van der Waals surface area contributed by atoms with Gasteiger partial charge < -0.3 is 14.5 Å². The number of halogens is 1. The summed E-state index contributed by atoms with van der Waals surface area (Å²) in [6, 6.07) is 9.68. The van der Waals surface area contributed by atoms with E-state index in [1.54, 1.807) is 64.3 Å². The van der Waals surface area contributed by atoms with Gasteiger partial charge in [0.05, 0.1) is 16.8 Å². The van der Waals surface area contributed by atoms with Gasteiger partial charge in [0, 0.05) is 23.5 Å². The highest BCUT2D eigenvalue weighted by Gasteiger charge is 2.27. The van der Waals surface area contributed by atoms with Crippen LogP contribution in [0.3, 0.4) is 0 Å². The van der Waals surface area contributed by atoms with E-state index in [4.69, 9.17) is 20.8 Å². The third kappa shape index (κ3) is 5.19. The number of alkyl carbamates (subject to hydrolysis) is 1. The van der Waals surface area contributed by atoms with E-state index in [0.717, 1.165) is 10.9 Å². The minimum atomic E-state index is -3.89. The fourth-order valence-corrected chi connectivity index (χ4v) is 5.05. The largest absolute Gasteiger partial charge is 0.464 e. The summed E-state index contributed by atoms with van der Waals surface area (Å²) in [5.74, 6) is 0. The van der Waals surface area contributed by atoms with Crippen molar-refractivity contribution in [3.8, 4) is 0 Å². The molecule has 1 amide bonds. The molecule has 32 heavy (non-hydrogen) atoms. The van der Waals surface area contributed by atoms with Crippen molar-refractivity contribution in [3.05, 3.63) is 58.8 Å². The van der Waals surface area contributed by atoms with Crippen LogP contribution in [0.2, 0.25) is 5.02 Å². The molecule has 1 heterocycles. The van der Waals surface area contributed by atoms with Crippen LogP contribution in [0.1, 0.15) is 38.8 Å². The number of ether oxygens (including phenoxy) is 1. The molecule has 1 N–H and O–H groups in total. The average molecular weight is 479 g/mol. The Morgan fingerprint density at radius 3 is 2.56 bits per heavy atom. The Labute approximate surface area is 193 Å². The van der Waals surface area contributed by atoms with Gasteiger partial charge in [-0.05, 0) is 82.1 Å². The Balaban J connectivity index is 1.96. The summed E-state index contributed by atoms with van der Waals surface area (Å²) in [6.07, 6.45) is 0.994. The minimum absolute atomic E-state index is 0.0523. The van der Waals surface area contributed by atoms with Crippen LogP contribution in [-0.4, -0.2) is 26.7 Å². The van der Waals surface area contributed by atoms with Gasteiger partial charge in [0.15, 0.2) is 0 Å². The summed E-state index contributed by atoms with van der Waals surface area (Å²) >= 11 is 6.17. The Hall–Kier alpha value is -2.71. The molecule has 7 nitrogen and oxygen atoms in total. The Morgan fingerprint density at radius 1 is 1.19 bits per heavy atom. The molecule has 3 rings (SSSR count). The molecule has 0 aliphatic carbocycles. The normalized spacial score (nSPS) is 12.1. The molecule has 0 unspecified atom stereocenters. The number of benzene rings is 2. The van der Waals surface area contributed by atoms with E-state index in [1.807, 2.05) is 6.92 Å². The number of hydrogen-bond acceptors (Lipinski definition) is 5. The molecule has 0 bridgehead atoms. The number of hydrogen-bond donors (Lipinski definition) is 1. The SMILES string of the molecule is CCN(c1ccc(Cl)cc1CNC(=O)OC(C)(C)C)S(=O)(=O)c1ccc2occ(C)c2c1. The van der Waals surface area contributed by atoms with Gasteiger partial charge in [-0.25, -0.2) is 13.2 Å². The van der Waals surface area contributed by atoms with E-state index < -0.39 is 21.7 Å². The third-order valence-electron chi connectivity index (χ3n) is 4.75. The first-order valence-corrected chi connectivity index (χ1v) is 12.0. The number of rotatable bonds is 6. The number of nitrogens with one attached hydrogen (secondary N) is 1. The predicted molar refractivity (Wildman–Crippen MR) is 126 cm³/mol. The molecule has 0 fully saturated rings. The zero-order chi connectivity index (χ0) is 23.7. The maximum absolute atomic E-state index is 13.6. The predicted octanol–water partition coefficient (Wildman–Crippen LogP) is 5.63. The molecule has 0 saturated heterocycles. The highest BCUT2D eigenvalue weighted by atomic mass is 35.5. The first kappa shape index (κ1) is 23.9. The van der Waals surface area contributed by atoms with Crippen molar-refractivity contribution in [3.63, 3.8) is 0 Å². The summed E-state index contributed by atoms with van der Waals surface area (Å²) in [5.41, 5.74) is 1.81. The van der Waals surface area contributed by atoms with Gasteiger partial charge in [-0.2, -0.15) is 0 Å². The second kappa shape index (κ2) is 9.03. The van der Waals surface area contributed by atoms with Crippen molar-refractivity contribution in [1.82, 2.24) is 5.32 Å². The third-order valence-corrected chi connectivity index (χ3v) is 6.87. The van der Waals surface area contributed by atoms with Gasteiger partial charge >= 0.3 is 6.09 Å². The van der Waals surface area contributed by atoms with Crippen LogP contribution in [0.4, 0.5) is 10.5 Å². The number of carbonyl (C=O) groups is 1. The van der Waals surface area contributed by atoms with Gasteiger partial charge in [0.25, 0.3) is 10.0 Å². The number of amides is 1. The Bertz CT molecular complexity index is 1240. The second-order valence-electron chi connectivity index (χ2n) is 8.37. The highest BCUT2D eigenvalue weighted by Crippen LogP contribution is 2.31. The standard InChI is InChI=1S/C23H27ClN2O5S/c1-6-26(32(28,29)18-8-10-21-19(12-18)15(2)14-30-21)20-9-7-17(24)11-16(20)13-25-22(27)31-23(3,4)5/h7-12,14H,6,13H2,1-5H3,(H,25,27). The molecule has 9 heteroatoms. The quantitative estimate of drug-likeness (QED) is 0.495. The summed E-state index contributed by atoms with van der Waals surface area (Å²) in [4.78, 5) is 12.3. The van der Waals surface area contributed by atoms with Gasteiger partial charge in [-0.1, -0.05) is 11.6 Å².